The first-order valence-electron chi connectivity index (χ1n) is 6.22. The molecular formula is C12H17N3O3S2. The van der Waals surface area contributed by atoms with E-state index in [0.717, 1.165) is 16.3 Å². The maximum Gasteiger partial charge on any atom is 0.274 e. The van der Waals surface area contributed by atoms with E-state index in [4.69, 9.17) is 10.2 Å². The molecule has 0 saturated carbocycles. The first-order valence-corrected chi connectivity index (χ1v) is 8.52. The lowest BCUT2D eigenvalue weighted by Gasteiger charge is -2.10. The molecule has 0 saturated heterocycles. The van der Waals surface area contributed by atoms with Crippen LogP contribution in [0.15, 0.2) is 27.8 Å². The highest BCUT2D eigenvalue weighted by atomic mass is 32.2. The highest BCUT2D eigenvalue weighted by molar-refractivity contribution is 7.89. The molecule has 0 bridgehead atoms. The number of nitrogens with one attached hydrogen (secondary N) is 1. The molecule has 6 nitrogen and oxygen atoms in total. The number of rotatable bonds is 6. The van der Waals surface area contributed by atoms with Crippen molar-refractivity contribution in [3.63, 3.8) is 0 Å². The molecule has 2 rings (SSSR count). The molecule has 2 aromatic rings. The maximum absolute atomic E-state index is 12.2. The van der Waals surface area contributed by atoms with Crippen molar-refractivity contribution in [3.8, 4) is 0 Å². The molecule has 0 spiro atoms. The fourth-order valence-electron chi connectivity index (χ4n) is 1.64. The molecule has 8 heteroatoms. The minimum atomic E-state index is -3.70. The van der Waals surface area contributed by atoms with Crippen LogP contribution in [-0.2, 0) is 23.0 Å². The van der Waals surface area contributed by atoms with Gasteiger partial charge in [0.15, 0.2) is 0 Å². The summed E-state index contributed by atoms with van der Waals surface area (Å²) in [6.07, 6.45) is 2.65. The SMILES string of the molecule is CCc1cnc(C(C)NS(=O)(=O)c2ccc(CN)o2)s1. The molecule has 1 unspecified atom stereocenters. The molecule has 0 radical (unpaired) electrons. The lowest BCUT2D eigenvalue weighted by atomic mass is 10.4. The van der Waals surface area contributed by atoms with Gasteiger partial charge in [0.2, 0.25) is 5.09 Å². The number of thiazole rings is 1. The second-order valence-corrected chi connectivity index (χ2v) is 7.08. The van der Waals surface area contributed by atoms with Crippen molar-refractivity contribution in [2.75, 3.05) is 0 Å². The van der Waals surface area contributed by atoms with Gasteiger partial charge in [0, 0.05) is 11.1 Å². The quantitative estimate of drug-likeness (QED) is 0.847. The minimum absolute atomic E-state index is 0.128. The second kappa shape index (κ2) is 6.04. The standard InChI is InChI=1S/C12H17N3O3S2/c1-3-10-7-14-12(19-10)8(2)15-20(16,17)11-5-4-9(6-13)18-11/h4-5,7-8,15H,3,6,13H2,1-2H3. The Kier molecular flexibility index (Phi) is 4.59. The van der Waals surface area contributed by atoms with Crippen molar-refractivity contribution >= 4 is 21.4 Å². The van der Waals surface area contributed by atoms with Gasteiger partial charge in [-0.25, -0.2) is 13.4 Å². The topological polar surface area (TPSA) is 98.2 Å². The largest absolute Gasteiger partial charge is 0.447 e. The summed E-state index contributed by atoms with van der Waals surface area (Å²) < 4.78 is 32.0. The number of nitrogens with two attached hydrogens (primary N) is 1. The molecule has 0 aliphatic heterocycles. The summed E-state index contributed by atoms with van der Waals surface area (Å²) in [5.74, 6) is 0.431. The van der Waals surface area contributed by atoms with Gasteiger partial charge in [0.1, 0.15) is 10.8 Å². The number of sulfonamides is 1. The summed E-state index contributed by atoms with van der Waals surface area (Å²) in [5, 5.41) is 0.605. The van der Waals surface area contributed by atoms with Crippen LogP contribution in [-0.4, -0.2) is 13.4 Å². The van der Waals surface area contributed by atoms with Crippen molar-refractivity contribution < 1.29 is 12.8 Å². The lowest BCUT2D eigenvalue weighted by molar-refractivity contribution is 0.411. The van der Waals surface area contributed by atoms with E-state index in [1.54, 1.807) is 19.2 Å². The van der Waals surface area contributed by atoms with Gasteiger partial charge in [-0.1, -0.05) is 6.92 Å². The van der Waals surface area contributed by atoms with E-state index in [0.29, 0.717) is 5.76 Å². The number of aryl methyl sites for hydroxylation is 1. The Hall–Kier alpha value is -1.22. The maximum atomic E-state index is 12.2. The van der Waals surface area contributed by atoms with Gasteiger partial charge in [-0.05, 0) is 25.5 Å². The van der Waals surface area contributed by atoms with Crippen molar-refractivity contribution in [2.24, 2.45) is 5.73 Å². The summed E-state index contributed by atoms with van der Waals surface area (Å²) >= 11 is 1.50. The summed E-state index contributed by atoms with van der Waals surface area (Å²) in [6.45, 7) is 3.95. The third-order valence-electron chi connectivity index (χ3n) is 2.73. The molecule has 0 aromatic carbocycles. The second-order valence-electron chi connectivity index (χ2n) is 4.29. The molecule has 1 atom stereocenters. The van der Waals surface area contributed by atoms with Gasteiger partial charge >= 0.3 is 0 Å². The van der Waals surface area contributed by atoms with Crippen LogP contribution >= 0.6 is 11.3 Å². The Bertz CT molecular complexity index is 676. The van der Waals surface area contributed by atoms with Gasteiger partial charge in [-0.2, -0.15) is 4.72 Å². The van der Waals surface area contributed by atoms with Crippen molar-refractivity contribution in [2.45, 2.75) is 37.9 Å². The third-order valence-corrected chi connectivity index (χ3v) is 5.46. The lowest BCUT2D eigenvalue weighted by Crippen LogP contribution is -2.26. The Morgan fingerprint density at radius 1 is 1.50 bits per heavy atom. The number of aromatic nitrogens is 1. The monoisotopic (exact) mass is 315 g/mol. The molecular weight excluding hydrogens is 298 g/mol. The third kappa shape index (κ3) is 3.26. The summed E-state index contributed by atoms with van der Waals surface area (Å²) in [6, 6.07) is 2.55. The Morgan fingerprint density at radius 2 is 2.25 bits per heavy atom. The van der Waals surface area contributed by atoms with Gasteiger partial charge in [0.25, 0.3) is 10.0 Å². The van der Waals surface area contributed by atoms with Crippen molar-refractivity contribution in [3.05, 3.63) is 34.0 Å². The van der Waals surface area contributed by atoms with Crippen LogP contribution in [0, 0.1) is 0 Å². The average Bonchev–Trinajstić information content (AvgIpc) is 3.07. The molecule has 0 fully saturated rings. The molecule has 110 valence electrons. The van der Waals surface area contributed by atoms with E-state index >= 15 is 0 Å². The fraction of sp³-hybridized carbons (Fsp3) is 0.417. The van der Waals surface area contributed by atoms with Crippen LogP contribution in [0.5, 0.6) is 0 Å². The van der Waals surface area contributed by atoms with E-state index < -0.39 is 16.1 Å². The molecule has 0 amide bonds. The molecule has 0 aliphatic rings. The van der Waals surface area contributed by atoms with Crippen LogP contribution in [0.3, 0.4) is 0 Å². The molecule has 3 N–H and O–H groups in total. The van der Waals surface area contributed by atoms with E-state index in [-0.39, 0.29) is 11.6 Å². The predicted octanol–water partition coefficient (Wildman–Crippen LogP) is 1.80. The van der Waals surface area contributed by atoms with Crippen LogP contribution < -0.4 is 10.5 Å². The van der Waals surface area contributed by atoms with Crippen LogP contribution in [0.25, 0.3) is 0 Å². The smallest absolute Gasteiger partial charge is 0.274 e. The van der Waals surface area contributed by atoms with Crippen molar-refractivity contribution in [1.82, 2.24) is 9.71 Å². The predicted molar refractivity (Wildman–Crippen MR) is 76.8 cm³/mol. The summed E-state index contributed by atoms with van der Waals surface area (Å²) in [5.41, 5.74) is 5.40. The highest BCUT2D eigenvalue weighted by Gasteiger charge is 2.23. The average molecular weight is 315 g/mol. The van der Waals surface area contributed by atoms with Crippen molar-refractivity contribution in [1.29, 1.82) is 0 Å². The number of hydrogen-bond donors (Lipinski definition) is 2. The van der Waals surface area contributed by atoms with Crippen LogP contribution in [0.4, 0.5) is 0 Å². The molecule has 2 aromatic heterocycles. The zero-order valence-corrected chi connectivity index (χ0v) is 12.9. The highest BCUT2D eigenvalue weighted by Crippen LogP contribution is 2.23. The van der Waals surface area contributed by atoms with Crippen LogP contribution in [0.1, 0.15) is 35.5 Å². The van der Waals surface area contributed by atoms with Gasteiger partial charge in [-0.15, -0.1) is 11.3 Å². The van der Waals surface area contributed by atoms with E-state index in [9.17, 15) is 8.42 Å². The Labute approximate surface area is 122 Å². The van der Waals surface area contributed by atoms with Crippen LogP contribution in [0.2, 0.25) is 0 Å². The zero-order valence-electron chi connectivity index (χ0n) is 11.3. The summed E-state index contributed by atoms with van der Waals surface area (Å²) in [4.78, 5) is 5.35. The minimum Gasteiger partial charge on any atom is -0.447 e. The zero-order chi connectivity index (χ0) is 14.8. The van der Waals surface area contributed by atoms with Gasteiger partial charge in [-0.3, -0.25) is 0 Å². The normalized spacial score (nSPS) is 13.6. The number of hydrogen-bond acceptors (Lipinski definition) is 6. The summed E-state index contributed by atoms with van der Waals surface area (Å²) in [7, 11) is -3.70. The van der Waals surface area contributed by atoms with E-state index in [1.165, 1.54) is 17.4 Å². The fourth-order valence-corrected chi connectivity index (χ4v) is 3.73. The van der Waals surface area contributed by atoms with Gasteiger partial charge in [0.05, 0.1) is 12.6 Å². The first-order chi connectivity index (χ1) is 9.46. The molecule has 20 heavy (non-hydrogen) atoms. The Morgan fingerprint density at radius 3 is 2.80 bits per heavy atom. The van der Waals surface area contributed by atoms with Gasteiger partial charge < -0.3 is 10.2 Å². The molecule has 0 aliphatic carbocycles. The van der Waals surface area contributed by atoms with E-state index in [2.05, 4.69) is 9.71 Å². The number of nitrogens with zero attached hydrogens (tertiary/aromatic N) is 1. The van der Waals surface area contributed by atoms with E-state index in [1.807, 2.05) is 6.92 Å². The first kappa shape index (κ1) is 15.2. The molecule has 2 heterocycles. The Balaban J connectivity index is 2.15. The number of furan rings is 1.